The molecule has 0 unspecified atom stereocenters. The van der Waals surface area contributed by atoms with Gasteiger partial charge in [-0.3, -0.25) is 0 Å². The van der Waals surface area contributed by atoms with E-state index >= 15 is 0 Å². The molecule has 5 heteroatoms. The maximum absolute atomic E-state index is 10.2. The number of benzene rings is 7. The zero-order chi connectivity index (χ0) is 33.8. The molecular weight excluding hydrogens is 647 g/mol. The highest BCUT2D eigenvalue weighted by atomic mass is 32.1. The minimum atomic E-state index is 0.584. The Hall–Kier alpha value is -6.55. The van der Waals surface area contributed by atoms with E-state index in [2.05, 4.69) is 97.1 Å². The lowest BCUT2D eigenvalue weighted by molar-refractivity contribution is 1.47. The molecule has 2 aromatic heterocycles. The maximum atomic E-state index is 10.2. The fourth-order valence-corrected chi connectivity index (χ4v) is 9.20. The molecular formula is C45H23N3S2. The van der Waals surface area contributed by atoms with Crippen molar-refractivity contribution in [2.45, 2.75) is 0 Å². The molecule has 9 rings (SSSR count). The van der Waals surface area contributed by atoms with Crippen molar-refractivity contribution in [3.8, 4) is 62.7 Å². The molecule has 0 amide bonds. The van der Waals surface area contributed by atoms with Gasteiger partial charge in [0, 0.05) is 40.3 Å². The van der Waals surface area contributed by atoms with Crippen LogP contribution in [-0.2, 0) is 0 Å². The smallest absolute Gasteiger partial charge is 0.0998 e. The van der Waals surface area contributed by atoms with Crippen molar-refractivity contribution in [2.24, 2.45) is 0 Å². The second kappa shape index (κ2) is 11.9. The van der Waals surface area contributed by atoms with Gasteiger partial charge in [0.15, 0.2) is 0 Å². The molecule has 0 radical (unpaired) electrons. The fourth-order valence-electron chi connectivity index (χ4n) is 7.05. The molecule has 0 saturated heterocycles. The van der Waals surface area contributed by atoms with E-state index in [4.69, 9.17) is 0 Å². The maximum Gasteiger partial charge on any atom is 0.0998 e. The normalized spacial score (nSPS) is 11.1. The van der Waals surface area contributed by atoms with Gasteiger partial charge in [-0.15, -0.1) is 22.7 Å². The summed E-state index contributed by atoms with van der Waals surface area (Å²) in [4.78, 5) is 0. The molecule has 0 aliphatic rings. The number of hydrogen-bond acceptors (Lipinski definition) is 5. The number of nitriles is 3. The Bertz CT molecular complexity index is 2980. The summed E-state index contributed by atoms with van der Waals surface area (Å²) < 4.78 is 4.75. The number of fused-ring (bicyclic) bond motifs is 6. The SMILES string of the molecule is N#Cc1cccc(-c2c(-c3ccc4sc5ccccc5c4c3)cc(-c3ccccc3C#N)cc2-c2ccc3sc4ccc(C#N)cc4c3c2)c1. The summed E-state index contributed by atoms with van der Waals surface area (Å²) in [6, 6.07) is 54.6. The number of hydrogen-bond donors (Lipinski definition) is 0. The van der Waals surface area contributed by atoms with Crippen LogP contribution in [0.5, 0.6) is 0 Å². The number of thiophene rings is 2. The highest BCUT2D eigenvalue weighted by Gasteiger charge is 2.20. The van der Waals surface area contributed by atoms with Crippen LogP contribution in [0.15, 0.2) is 140 Å². The summed E-state index contributed by atoms with van der Waals surface area (Å²) in [7, 11) is 0. The van der Waals surface area contributed by atoms with Crippen LogP contribution in [-0.4, -0.2) is 0 Å². The van der Waals surface area contributed by atoms with Crippen molar-refractivity contribution < 1.29 is 0 Å². The molecule has 0 saturated carbocycles. The van der Waals surface area contributed by atoms with Crippen LogP contribution in [0.3, 0.4) is 0 Å². The second-order valence-corrected chi connectivity index (χ2v) is 14.4. The minimum absolute atomic E-state index is 0.584. The monoisotopic (exact) mass is 669 g/mol. The lowest BCUT2D eigenvalue weighted by Gasteiger charge is -2.20. The first-order valence-corrected chi connectivity index (χ1v) is 17.7. The predicted octanol–water partition coefficient (Wildman–Crippen LogP) is 12.7. The van der Waals surface area contributed by atoms with E-state index < -0.39 is 0 Å². The van der Waals surface area contributed by atoms with Crippen molar-refractivity contribution in [3.05, 3.63) is 156 Å². The molecule has 0 spiro atoms. The zero-order valence-electron chi connectivity index (χ0n) is 26.4. The Morgan fingerprint density at radius 1 is 0.360 bits per heavy atom. The molecule has 0 N–H and O–H groups in total. The third-order valence-corrected chi connectivity index (χ3v) is 11.7. The Labute approximate surface area is 296 Å². The van der Waals surface area contributed by atoms with Gasteiger partial charge in [-0.1, -0.05) is 60.7 Å². The van der Waals surface area contributed by atoms with Crippen molar-refractivity contribution >= 4 is 63.0 Å². The lowest BCUT2D eigenvalue weighted by Crippen LogP contribution is -1.95. The third-order valence-electron chi connectivity index (χ3n) is 9.37. The average molecular weight is 670 g/mol. The largest absolute Gasteiger partial charge is 0.192 e. The fraction of sp³-hybridized carbons (Fsp3) is 0. The van der Waals surface area contributed by atoms with Gasteiger partial charge in [0.2, 0.25) is 0 Å². The minimum Gasteiger partial charge on any atom is -0.192 e. The van der Waals surface area contributed by atoms with E-state index in [9.17, 15) is 15.8 Å². The number of nitrogens with zero attached hydrogens (tertiary/aromatic N) is 3. The van der Waals surface area contributed by atoms with E-state index in [0.717, 1.165) is 64.7 Å². The first-order valence-electron chi connectivity index (χ1n) is 16.1. The highest BCUT2D eigenvalue weighted by Crippen LogP contribution is 2.47. The standard InChI is InChI=1S/C45H23N3S2/c46-24-27-6-5-8-31(18-27)45-36(29-13-16-43-39(20-29)35-10-3-4-11-41(35)49-43)22-33(34-9-2-1-7-32(34)26-48)23-37(45)30-14-17-44-40(21-30)38-19-28(25-47)12-15-42(38)50-44/h1-23H. The van der Waals surface area contributed by atoms with E-state index in [1.54, 1.807) is 22.7 Å². The van der Waals surface area contributed by atoms with Gasteiger partial charge >= 0.3 is 0 Å². The average Bonchev–Trinajstić information content (AvgIpc) is 3.74. The molecule has 7 aromatic carbocycles. The second-order valence-electron chi connectivity index (χ2n) is 12.2. The summed E-state index contributed by atoms with van der Waals surface area (Å²) in [6.07, 6.45) is 0. The van der Waals surface area contributed by atoms with E-state index in [-0.39, 0.29) is 0 Å². The van der Waals surface area contributed by atoms with Crippen LogP contribution < -0.4 is 0 Å². The van der Waals surface area contributed by atoms with Crippen LogP contribution in [0.25, 0.3) is 84.9 Å². The Balaban J connectivity index is 1.41. The van der Waals surface area contributed by atoms with Gasteiger partial charge in [0.1, 0.15) is 0 Å². The van der Waals surface area contributed by atoms with Gasteiger partial charge in [-0.2, -0.15) is 15.8 Å². The molecule has 0 bridgehead atoms. The highest BCUT2D eigenvalue weighted by molar-refractivity contribution is 7.26. The van der Waals surface area contributed by atoms with Crippen LogP contribution in [0.1, 0.15) is 16.7 Å². The topological polar surface area (TPSA) is 71.4 Å². The van der Waals surface area contributed by atoms with Crippen LogP contribution in [0.4, 0.5) is 0 Å². The molecule has 3 nitrogen and oxygen atoms in total. The molecule has 0 atom stereocenters. The first-order chi connectivity index (χ1) is 24.6. The van der Waals surface area contributed by atoms with Gasteiger partial charge in [0.25, 0.3) is 0 Å². The number of rotatable bonds is 4. The zero-order valence-corrected chi connectivity index (χ0v) is 28.1. The van der Waals surface area contributed by atoms with Crippen molar-refractivity contribution in [1.29, 1.82) is 15.8 Å². The van der Waals surface area contributed by atoms with Crippen LogP contribution >= 0.6 is 22.7 Å². The van der Waals surface area contributed by atoms with E-state index in [0.29, 0.717) is 16.7 Å². The predicted molar refractivity (Wildman–Crippen MR) is 208 cm³/mol. The molecule has 230 valence electrons. The molecule has 0 aliphatic heterocycles. The summed E-state index contributed by atoms with van der Waals surface area (Å²) >= 11 is 3.51. The summed E-state index contributed by atoms with van der Waals surface area (Å²) in [5.74, 6) is 0. The van der Waals surface area contributed by atoms with Gasteiger partial charge in [-0.05, 0) is 123 Å². The van der Waals surface area contributed by atoms with Gasteiger partial charge in [-0.25, -0.2) is 0 Å². The molecule has 0 fully saturated rings. The third kappa shape index (κ3) is 4.83. The first kappa shape index (κ1) is 29.6. The Morgan fingerprint density at radius 2 is 0.940 bits per heavy atom. The summed E-state index contributed by atoms with van der Waals surface area (Å²) in [5.41, 5.74) is 9.63. The quantitative estimate of drug-likeness (QED) is 0.187. The molecule has 0 aliphatic carbocycles. The summed E-state index contributed by atoms with van der Waals surface area (Å²) in [6.45, 7) is 0. The van der Waals surface area contributed by atoms with E-state index in [1.807, 2.05) is 60.7 Å². The van der Waals surface area contributed by atoms with E-state index in [1.165, 1.54) is 20.2 Å². The summed E-state index contributed by atoms with van der Waals surface area (Å²) in [5, 5.41) is 34.4. The molecule has 50 heavy (non-hydrogen) atoms. The molecule has 2 heterocycles. The Kier molecular flexibility index (Phi) is 7.01. The van der Waals surface area contributed by atoms with Crippen molar-refractivity contribution in [3.63, 3.8) is 0 Å². The van der Waals surface area contributed by atoms with Gasteiger partial charge < -0.3 is 0 Å². The Morgan fingerprint density at radius 3 is 1.64 bits per heavy atom. The van der Waals surface area contributed by atoms with Crippen LogP contribution in [0.2, 0.25) is 0 Å². The van der Waals surface area contributed by atoms with Crippen molar-refractivity contribution in [1.82, 2.24) is 0 Å². The lowest BCUT2D eigenvalue weighted by atomic mass is 9.83. The van der Waals surface area contributed by atoms with Crippen molar-refractivity contribution in [2.75, 3.05) is 0 Å². The van der Waals surface area contributed by atoms with Crippen LogP contribution in [0, 0.1) is 34.0 Å². The molecule has 9 aromatic rings. The van der Waals surface area contributed by atoms with Gasteiger partial charge in [0.05, 0.1) is 34.9 Å².